The predicted octanol–water partition coefficient (Wildman–Crippen LogP) is 10.3. The largest absolute Gasteiger partial charge is 0.459 e. The van der Waals surface area contributed by atoms with Gasteiger partial charge in [0.15, 0.2) is 17.4 Å². The Kier molecular flexibility index (Phi) is 9.54. The van der Waals surface area contributed by atoms with Gasteiger partial charge in [-0.05, 0) is 35.2 Å². The van der Waals surface area contributed by atoms with Crippen LogP contribution in [0.25, 0.3) is 11.1 Å². The molecule has 0 amide bonds. The second kappa shape index (κ2) is 12.9. The third kappa shape index (κ3) is 7.87. The first kappa shape index (κ1) is 34.1. The number of rotatable bonds is 10. The molecule has 0 atom stereocenters. The lowest BCUT2D eigenvalue weighted by Crippen LogP contribution is -2.26. The summed E-state index contributed by atoms with van der Waals surface area (Å²) in [5.41, 5.74) is -1.83. The molecule has 0 heterocycles. The lowest BCUT2D eigenvalue weighted by Gasteiger charge is -2.22. The normalized spacial score (nSPS) is 12.5. The van der Waals surface area contributed by atoms with Gasteiger partial charge in [-0.15, -0.1) is 0 Å². The molecule has 0 saturated carbocycles. The Morgan fingerprint density at radius 1 is 0.587 bits per heavy atom. The molecule has 244 valence electrons. The number of hydrogen-bond donors (Lipinski definition) is 0. The van der Waals surface area contributed by atoms with Crippen LogP contribution in [0.15, 0.2) is 79.1 Å². The summed E-state index contributed by atoms with van der Waals surface area (Å²) in [7, 11) is 0. The second-order valence-electron chi connectivity index (χ2n) is 9.42. The van der Waals surface area contributed by atoms with E-state index in [0.29, 0.717) is 11.6 Å². The van der Waals surface area contributed by atoms with E-state index in [1.54, 1.807) is 24.3 Å². The summed E-state index contributed by atoms with van der Waals surface area (Å²) in [5, 5.41) is 0. The van der Waals surface area contributed by atoms with Crippen molar-refractivity contribution in [3.8, 4) is 28.4 Å². The van der Waals surface area contributed by atoms with Crippen LogP contribution in [0.2, 0.25) is 0 Å². The van der Waals surface area contributed by atoms with E-state index in [2.05, 4.69) is 14.2 Å². The first-order valence-electron chi connectivity index (χ1n) is 12.8. The highest BCUT2D eigenvalue weighted by Crippen LogP contribution is 2.40. The Labute approximate surface area is 252 Å². The summed E-state index contributed by atoms with van der Waals surface area (Å²) in [4.78, 5) is 0. The molecule has 15 heteroatoms. The zero-order valence-corrected chi connectivity index (χ0v) is 23.0. The summed E-state index contributed by atoms with van der Waals surface area (Å²) < 4.78 is 180. The van der Waals surface area contributed by atoms with Crippen LogP contribution >= 0.6 is 0 Å². The van der Waals surface area contributed by atoms with E-state index in [-0.39, 0.29) is 36.1 Å². The van der Waals surface area contributed by atoms with Crippen molar-refractivity contribution in [3.63, 3.8) is 0 Å². The van der Waals surface area contributed by atoms with Gasteiger partial charge in [-0.3, -0.25) is 0 Å². The number of allylic oxidation sites excluding steroid dienone is 1. The molecule has 0 spiro atoms. The smallest absolute Gasteiger partial charge is 0.432 e. The average Bonchev–Trinajstić information content (AvgIpc) is 2.92. The molecule has 0 saturated heterocycles. The predicted molar refractivity (Wildman–Crippen MR) is 139 cm³/mol. The van der Waals surface area contributed by atoms with Crippen LogP contribution in [0.4, 0.5) is 52.7 Å². The van der Waals surface area contributed by atoms with Gasteiger partial charge in [0.1, 0.15) is 34.5 Å². The number of hydrogen-bond acceptors (Lipinski definition) is 3. The molecule has 0 bridgehead atoms. The minimum absolute atomic E-state index is 0.0155. The molecule has 3 nitrogen and oxygen atoms in total. The summed E-state index contributed by atoms with van der Waals surface area (Å²) in [6.45, 7) is 1.91. The van der Waals surface area contributed by atoms with E-state index < -0.39 is 81.9 Å². The Morgan fingerprint density at radius 3 is 1.59 bits per heavy atom. The van der Waals surface area contributed by atoms with Crippen molar-refractivity contribution in [1.82, 2.24) is 0 Å². The molecular formula is C31H18F12O3. The first-order valence-corrected chi connectivity index (χ1v) is 12.8. The van der Waals surface area contributed by atoms with Gasteiger partial charge in [-0.1, -0.05) is 37.3 Å². The third-order valence-electron chi connectivity index (χ3n) is 6.19. The summed E-state index contributed by atoms with van der Waals surface area (Å²) in [5.74, 6) is -13.7. The number of ether oxygens (including phenoxy) is 3. The molecule has 0 aliphatic heterocycles. The van der Waals surface area contributed by atoms with E-state index in [1.165, 1.54) is 0 Å². The number of alkyl halides is 7. The van der Waals surface area contributed by atoms with Crippen LogP contribution in [0, 0.1) is 29.1 Å². The van der Waals surface area contributed by atoms with E-state index in [4.69, 9.17) is 0 Å². The Bertz CT molecular complexity index is 1700. The Morgan fingerprint density at radius 2 is 1.09 bits per heavy atom. The molecule has 0 aromatic heterocycles. The molecule has 0 fully saturated rings. The molecule has 4 rings (SSSR count). The first-order chi connectivity index (χ1) is 21.4. The van der Waals surface area contributed by atoms with E-state index >= 15 is 0 Å². The molecule has 4 aromatic rings. The van der Waals surface area contributed by atoms with Crippen molar-refractivity contribution in [3.05, 3.63) is 125 Å². The number of benzene rings is 4. The lowest BCUT2D eigenvalue weighted by atomic mass is 10.0. The van der Waals surface area contributed by atoms with E-state index in [9.17, 15) is 52.7 Å². The van der Waals surface area contributed by atoms with Crippen LogP contribution in [0.1, 0.15) is 23.6 Å². The Hall–Kier alpha value is -4.82. The van der Waals surface area contributed by atoms with Gasteiger partial charge in [-0.2, -0.15) is 30.7 Å². The minimum atomic E-state index is -5.04. The van der Waals surface area contributed by atoms with Gasteiger partial charge in [0.2, 0.25) is 0 Å². The van der Waals surface area contributed by atoms with Crippen LogP contribution in [-0.4, -0.2) is 6.18 Å². The van der Waals surface area contributed by atoms with E-state index in [0.717, 1.165) is 24.1 Å². The third-order valence-corrected chi connectivity index (χ3v) is 6.19. The highest BCUT2D eigenvalue weighted by atomic mass is 19.4. The van der Waals surface area contributed by atoms with Crippen molar-refractivity contribution in [2.75, 3.05) is 0 Å². The maximum atomic E-state index is 14.8. The molecule has 4 aromatic carbocycles. The molecule has 0 N–H and O–H groups in total. The van der Waals surface area contributed by atoms with Crippen molar-refractivity contribution >= 4 is 0 Å². The highest BCUT2D eigenvalue weighted by molar-refractivity contribution is 5.64. The topological polar surface area (TPSA) is 27.7 Å². The van der Waals surface area contributed by atoms with Crippen molar-refractivity contribution in [2.24, 2.45) is 0 Å². The Balaban J connectivity index is 1.54. The van der Waals surface area contributed by atoms with Crippen molar-refractivity contribution in [2.45, 2.75) is 31.7 Å². The quantitative estimate of drug-likeness (QED) is 0.125. The lowest BCUT2D eigenvalue weighted by molar-refractivity contribution is -0.191. The summed E-state index contributed by atoms with van der Waals surface area (Å²) in [6, 6.07) is 9.24. The summed E-state index contributed by atoms with van der Waals surface area (Å²) in [6.07, 6.45) is -14.4. The SMILES string of the molecule is CCc1ccc(-c2ccc(C(F)(F)Oc3cc(F)c(C(F)(F)Oc4cc(F)c(O/C=C/C(F)(F)F)c(F)c4)c(F)c3)c(F)c2)cc1. The van der Waals surface area contributed by atoms with Gasteiger partial charge in [0.05, 0.1) is 17.9 Å². The molecular weight excluding hydrogens is 648 g/mol. The molecule has 0 aliphatic rings. The van der Waals surface area contributed by atoms with Crippen molar-refractivity contribution in [1.29, 1.82) is 0 Å². The van der Waals surface area contributed by atoms with Gasteiger partial charge in [-0.25, -0.2) is 22.0 Å². The fourth-order valence-corrected chi connectivity index (χ4v) is 4.04. The maximum absolute atomic E-state index is 14.8. The average molecular weight is 666 g/mol. The zero-order chi connectivity index (χ0) is 34.0. The van der Waals surface area contributed by atoms with Gasteiger partial charge < -0.3 is 14.2 Å². The second-order valence-corrected chi connectivity index (χ2v) is 9.42. The highest BCUT2D eigenvalue weighted by Gasteiger charge is 2.43. The fourth-order valence-electron chi connectivity index (χ4n) is 4.04. The molecule has 0 aliphatic carbocycles. The zero-order valence-electron chi connectivity index (χ0n) is 23.0. The molecule has 46 heavy (non-hydrogen) atoms. The van der Waals surface area contributed by atoms with Gasteiger partial charge >= 0.3 is 18.4 Å². The maximum Gasteiger partial charge on any atom is 0.432 e. The minimum Gasteiger partial charge on any atom is -0.459 e. The summed E-state index contributed by atoms with van der Waals surface area (Å²) >= 11 is 0. The number of aryl methyl sites for hydroxylation is 1. The van der Waals surface area contributed by atoms with Crippen LogP contribution in [0.5, 0.6) is 17.2 Å². The molecule has 0 radical (unpaired) electrons. The van der Waals surface area contributed by atoms with Crippen LogP contribution < -0.4 is 14.2 Å². The van der Waals surface area contributed by atoms with Crippen LogP contribution in [0.3, 0.4) is 0 Å². The monoisotopic (exact) mass is 666 g/mol. The van der Waals surface area contributed by atoms with Crippen molar-refractivity contribution < 1.29 is 66.9 Å². The standard InChI is InChI=1S/C31H18F12O3/c1-2-16-3-5-17(6-4-16)18-7-8-21(22(32)11-18)30(40,41)45-19-12-23(33)27(24(34)13-19)31(42,43)46-20-14-25(35)28(26(36)15-20)44-10-9-29(37,38)39/h3-15H,2H2,1H3/b10-9+. The van der Waals surface area contributed by atoms with Gasteiger partial charge in [0.25, 0.3) is 0 Å². The molecule has 0 unspecified atom stereocenters. The van der Waals surface area contributed by atoms with E-state index in [1.807, 2.05) is 6.92 Å². The van der Waals surface area contributed by atoms with Gasteiger partial charge in [0, 0.05) is 24.3 Å². The number of halogens is 12. The van der Waals surface area contributed by atoms with Crippen LogP contribution in [-0.2, 0) is 18.6 Å². The fraction of sp³-hybridized carbons (Fsp3) is 0.161.